The van der Waals surface area contributed by atoms with Gasteiger partial charge in [-0.05, 0) is 25.3 Å². The number of aliphatic hydroxyl groups excluding tert-OH is 1. The van der Waals surface area contributed by atoms with Crippen molar-refractivity contribution in [2.45, 2.75) is 31.5 Å². The maximum atomic E-state index is 9.71. The van der Waals surface area contributed by atoms with Crippen LogP contribution in [0.2, 0.25) is 0 Å². The van der Waals surface area contributed by atoms with E-state index >= 15 is 0 Å². The summed E-state index contributed by atoms with van der Waals surface area (Å²) >= 11 is 0. The molecule has 1 rings (SSSR count). The van der Waals surface area contributed by atoms with Gasteiger partial charge < -0.3 is 9.84 Å². The average molecular weight is 192 g/mol. The van der Waals surface area contributed by atoms with Gasteiger partial charge in [0.05, 0.1) is 18.8 Å². The summed E-state index contributed by atoms with van der Waals surface area (Å²) in [6.45, 7) is 0.669. The number of ether oxygens (including phenoxy) is 1. The van der Waals surface area contributed by atoms with Gasteiger partial charge in [0.2, 0.25) is 0 Å². The highest BCUT2D eigenvalue weighted by Gasteiger charge is 2.18. The Hall–Kier alpha value is -1.04. The van der Waals surface area contributed by atoms with Gasteiger partial charge >= 0.3 is 0 Å². The zero-order valence-corrected chi connectivity index (χ0v) is 8.23. The van der Waals surface area contributed by atoms with Crippen LogP contribution in [0.4, 0.5) is 0 Å². The monoisotopic (exact) mass is 192 g/mol. The first-order chi connectivity index (χ1) is 6.84. The summed E-state index contributed by atoms with van der Waals surface area (Å²) in [6, 6.07) is 0. The third-order valence-electron chi connectivity index (χ3n) is 2.17. The number of aliphatic hydroxyl groups is 1. The van der Waals surface area contributed by atoms with E-state index in [1.54, 1.807) is 6.08 Å². The molecular formula is C12H16O2. The zero-order chi connectivity index (χ0) is 10.2. The third-order valence-corrected chi connectivity index (χ3v) is 2.17. The van der Waals surface area contributed by atoms with Crippen LogP contribution in [0.15, 0.2) is 24.3 Å². The predicted molar refractivity (Wildman–Crippen MR) is 56.7 cm³/mol. The molecule has 0 unspecified atom stereocenters. The van der Waals surface area contributed by atoms with Crippen LogP contribution in [0.3, 0.4) is 0 Å². The Balaban J connectivity index is 2.44. The summed E-state index contributed by atoms with van der Waals surface area (Å²) in [6.07, 6.45) is 14.3. The van der Waals surface area contributed by atoms with Gasteiger partial charge in [-0.2, -0.15) is 0 Å². The fraction of sp³-hybridized carbons (Fsp3) is 0.500. The Kier molecular flexibility index (Phi) is 5.06. The van der Waals surface area contributed by atoms with E-state index in [1.165, 1.54) is 0 Å². The van der Waals surface area contributed by atoms with Crippen molar-refractivity contribution in [1.82, 2.24) is 0 Å². The molecule has 14 heavy (non-hydrogen) atoms. The largest absolute Gasteiger partial charge is 0.390 e. The molecule has 0 spiro atoms. The second-order valence-corrected chi connectivity index (χ2v) is 3.28. The third kappa shape index (κ3) is 3.78. The second-order valence-electron chi connectivity index (χ2n) is 3.28. The van der Waals surface area contributed by atoms with Crippen molar-refractivity contribution in [2.24, 2.45) is 0 Å². The van der Waals surface area contributed by atoms with Crippen molar-refractivity contribution < 1.29 is 9.84 Å². The predicted octanol–water partition coefficient (Wildman–Crippen LogP) is 1.66. The molecular weight excluding hydrogens is 176 g/mol. The molecule has 0 fully saturated rings. The van der Waals surface area contributed by atoms with Crippen molar-refractivity contribution in [1.29, 1.82) is 0 Å². The summed E-state index contributed by atoms with van der Waals surface area (Å²) in [5.41, 5.74) is 0. The molecule has 0 aliphatic carbocycles. The van der Waals surface area contributed by atoms with Crippen LogP contribution in [-0.4, -0.2) is 23.9 Å². The van der Waals surface area contributed by atoms with Crippen molar-refractivity contribution >= 4 is 0 Å². The molecule has 0 saturated heterocycles. The van der Waals surface area contributed by atoms with E-state index in [0.717, 1.165) is 6.42 Å². The van der Waals surface area contributed by atoms with Gasteiger partial charge in [0.15, 0.2) is 0 Å². The molecule has 0 bridgehead atoms. The molecule has 1 N–H and O–H groups in total. The topological polar surface area (TPSA) is 29.5 Å². The van der Waals surface area contributed by atoms with Crippen LogP contribution in [0.1, 0.15) is 19.3 Å². The van der Waals surface area contributed by atoms with E-state index in [-0.39, 0.29) is 6.10 Å². The van der Waals surface area contributed by atoms with Crippen molar-refractivity contribution in [3.8, 4) is 12.3 Å². The first kappa shape index (κ1) is 11.0. The summed E-state index contributed by atoms with van der Waals surface area (Å²) < 4.78 is 5.52. The minimum absolute atomic E-state index is 0.121. The molecule has 1 heterocycles. The quantitative estimate of drug-likeness (QED) is 0.532. The van der Waals surface area contributed by atoms with Gasteiger partial charge in [-0.1, -0.05) is 24.1 Å². The van der Waals surface area contributed by atoms with Crippen molar-refractivity contribution in [2.75, 3.05) is 6.61 Å². The Morgan fingerprint density at radius 2 is 2.43 bits per heavy atom. The highest BCUT2D eigenvalue weighted by atomic mass is 16.5. The highest BCUT2D eigenvalue weighted by molar-refractivity contribution is 5.09. The lowest BCUT2D eigenvalue weighted by Crippen LogP contribution is -2.29. The Morgan fingerprint density at radius 1 is 1.57 bits per heavy atom. The molecule has 0 radical (unpaired) electrons. The lowest BCUT2D eigenvalue weighted by atomic mass is 10.1. The van der Waals surface area contributed by atoms with Gasteiger partial charge in [-0.3, -0.25) is 0 Å². The zero-order valence-electron chi connectivity index (χ0n) is 8.23. The van der Waals surface area contributed by atoms with Crippen LogP contribution in [0, 0.1) is 12.3 Å². The Morgan fingerprint density at radius 3 is 3.21 bits per heavy atom. The van der Waals surface area contributed by atoms with E-state index in [9.17, 15) is 5.11 Å². The second kappa shape index (κ2) is 6.42. The summed E-state index contributed by atoms with van der Waals surface area (Å²) in [5.74, 6) is 2.42. The number of allylic oxidation sites excluding steroid dienone is 1. The fourth-order valence-corrected chi connectivity index (χ4v) is 1.40. The van der Waals surface area contributed by atoms with E-state index < -0.39 is 6.10 Å². The molecule has 0 amide bonds. The van der Waals surface area contributed by atoms with Gasteiger partial charge in [0, 0.05) is 0 Å². The molecule has 0 aromatic heterocycles. The van der Waals surface area contributed by atoms with Gasteiger partial charge in [0.25, 0.3) is 0 Å². The molecule has 0 aromatic rings. The van der Waals surface area contributed by atoms with Crippen LogP contribution in [-0.2, 0) is 4.74 Å². The number of hydrogen-bond acceptors (Lipinski definition) is 2. The SMILES string of the molecule is C#C/C=C\C[C@@H]1OCC/C=C\C[C@@H]1O. The van der Waals surface area contributed by atoms with Crippen LogP contribution in [0.25, 0.3) is 0 Å². The highest BCUT2D eigenvalue weighted by Crippen LogP contribution is 2.13. The minimum Gasteiger partial charge on any atom is -0.390 e. The van der Waals surface area contributed by atoms with Crippen LogP contribution in [0.5, 0.6) is 0 Å². The smallest absolute Gasteiger partial charge is 0.0871 e. The molecule has 76 valence electrons. The number of terminal acetylenes is 1. The summed E-state index contributed by atoms with van der Waals surface area (Å²) in [7, 11) is 0. The molecule has 0 aromatic carbocycles. The Bertz CT molecular complexity index is 248. The maximum Gasteiger partial charge on any atom is 0.0871 e. The lowest BCUT2D eigenvalue weighted by Gasteiger charge is -2.22. The molecule has 0 saturated carbocycles. The van der Waals surface area contributed by atoms with Crippen molar-refractivity contribution in [3.05, 3.63) is 24.3 Å². The standard InChI is InChI=1S/C12H16O2/c1-2-3-5-9-12-11(13)8-6-4-7-10-14-12/h1,3-6,11-13H,7-10H2/b5-3-,6-4-/t11-,12-/m0/s1. The summed E-state index contributed by atoms with van der Waals surface area (Å²) in [4.78, 5) is 0. The normalized spacial score (nSPS) is 30.6. The average Bonchev–Trinajstić information content (AvgIpc) is 2.17. The molecule has 1 aliphatic rings. The first-order valence-corrected chi connectivity index (χ1v) is 4.90. The minimum atomic E-state index is -0.422. The van der Waals surface area contributed by atoms with E-state index in [2.05, 4.69) is 5.92 Å². The van der Waals surface area contributed by atoms with E-state index in [1.807, 2.05) is 18.2 Å². The molecule has 2 heteroatoms. The number of rotatable bonds is 2. The van der Waals surface area contributed by atoms with Crippen LogP contribution >= 0.6 is 0 Å². The van der Waals surface area contributed by atoms with E-state index in [4.69, 9.17) is 11.2 Å². The molecule has 2 atom stereocenters. The fourth-order valence-electron chi connectivity index (χ4n) is 1.40. The number of hydrogen-bond donors (Lipinski definition) is 1. The molecule has 1 aliphatic heterocycles. The van der Waals surface area contributed by atoms with Gasteiger partial charge in [-0.15, -0.1) is 6.42 Å². The van der Waals surface area contributed by atoms with E-state index in [0.29, 0.717) is 19.4 Å². The van der Waals surface area contributed by atoms with Gasteiger partial charge in [-0.25, -0.2) is 0 Å². The molecule has 2 nitrogen and oxygen atoms in total. The van der Waals surface area contributed by atoms with Gasteiger partial charge in [0.1, 0.15) is 0 Å². The van der Waals surface area contributed by atoms with Crippen molar-refractivity contribution in [3.63, 3.8) is 0 Å². The van der Waals surface area contributed by atoms with Crippen LogP contribution < -0.4 is 0 Å². The lowest BCUT2D eigenvalue weighted by molar-refractivity contribution is -0.0342. The Labute approximate surface area is 85.3 Å². The maximum absolute atomic E-state index is 9.71. The first-order valence-electron chi connectivity index (χ1n) is 4.90. The summed E-state index contributed by atoms with van der Waals surface area (Å²) in [5, 5.41) is 9.71.